The molecule has 1 fully saturated rings. The lowest BCUT2D eigenvalue weighted by Gasteiger charge is -2.34. The van der Waals surface area contributed by atoms with Gasteiger partial charge in [0.2, 0.25) is 0 Å². The van der Waals surface area contributed by atoms with Gasteiger partial charge in [0.25, 0.3) is 0 Å². The maximum atomic E-state index is 4.66. The first kappa shape index (κ1) is 16.7. The highest BCUT2D eigenvalue weighted by atomic mass is 15.3. The number of rotatable bonds is 5. The van der Waals surface area contributed by atoms with Gasteiger partial charge in [-0.1, -0.05) is 25.1 Å². The van der Waals surface area contributed by atoms with Gasteiger partial charge in [-0.25, -0.2) is 15.0 Å². The van der Waals surface area contributed by atoms with Crippen molar-refractivity contribution in [3.8, 4) is 0 Å². The highest BCUT2D eigenvalue weighted by molar-refractivity contribution is 5.88. The van der Waals surface area contributed by atoms with Crippen LogP contribution in [0.5, 0.6) is 0 Å². The van der Waals surface area contributed by atoms with E-state index in [0.29, 0.717) is 6.54 Å². The number of aromatic nitrogens is 3. The number of piperazine rings is 1. The van der Waals surface area contributed by atoms with Crippen molar-refractivity contribution in [3.63, 3.8) is 0 Å². The normalized spacial score (nSPS) is 15.3. The fourth-order valence-corrected chi connectivity index (χ4v) is 3.33. The molecule has 3 aromatic rings. The molecule has 0 aliphatic carbocycles. The van der Waals surface area contributed by atoms with Crippen molar-refractivity contribution in [1.29, 1.82) is 0 Å². The number of hydrogen-bond acceptors (Lipinski definition) is 6. The molecule has 1 aliphatic rings. The molecule has 0 bridgehead atoms. The largest absolute Gasteiger partial charge is 0.365 e. The first-order valence-corrected chi connectivity index (χ1v) is 9.19. The monoisotopic (exact) mass is 348 g/mol. The molecule has 0 unspecified atom stereocenters. The predicted molar refractivity (Wildman–Crippen MR) is 105 cm³/mol. The Morgan fingerprint density at radius 2 is 1.81 bits per heavy atom. The van der Waals surface area contributed by atoms with Gasteiger partial charge in [0.05, 0.1) is 5.52 Å². The third kappa shape index (κ3) is 3.60. The number of nitrogens with zero attached hydrogens (tertiary/aromatic N) is 5. The van der Waals surface area contributed by atoms with Crippen LogP contribution in [0.4, 0.5) is 11.6 Å². The number of fused-ring (bicyclic) bond motifs is 1. The van der Waals surface area contributed by atoms with Gasteiger partial charge >= 0.3 is 0 Å². The van der Waals surface area contributed by atoms with Crippen LogP contribution < -0.4 is 10.2 Å². The molecule has 1 aromatic carbocycles. The minimum absolute atomic E-state index is 0.692. The van der Waals surface area contributed by atoms with Crippen molar-refractivity contribution in [2.75, 3.05) is 42.9 Å². The molecule has 1 aliphatic heterocycles. The topological polar surface area (TPSA) is 57.2 Å². The standard InChI is InChI=1S/C20H24N6/c1-2-25-9-11-26(12-10-25)19-8-7-16(13-21-19)14-22-20-17-5-3-4-6-18(17)23-15-24-20/h3-8,13,15H,2,9-12,14H2,1H3,(H,22,23,24). The minimum Gasteiger partial charge on any atom is -0.365 e. The maximum Gasteiger partial charge on any atom is 0.137 e. The second kappa shape index (κ2) is 7.66. The molecule has 26 heavy (non-hydrogen) atoms. The zero-order valence-corrected chi connectivity index (χ0v) is 15.1. The number of anilines is 2. The van der Waals surface area contributed by atoms with Crippen LogP contribution in [0.15, 0.2) is 48.9 Å². The van der Waals surface area contributed by atoms with Crippen LogP contribution in [0.1, 0.15) is 12.5 Å². The molecule has 1 N–H and O–H groups in total. The van der Waals surface area contributed by atoms with Crippen LogP contribution in [-0.2, 0) is 6.54 Å². The number of benzene rings is 1. The summed E-state index contributed by atoms with van der Waals surface area (Å²) in [7, 11) is 0. The first-order valence-electron chi connectivity index (χ1n) is 9.19. The van der Waals surface area contributed by atoms with Crippen molar-refractivity contribution < 1.29 is 0 Å². The van der Waals surface area contributed by atoms with Crippen molar-refractivity contribution >= 4 is 22.5 Å². The number of likely N-dealkylation sites (N-methyl/N-ethyl adjacent to an activating group) is 1. The van der Waals surface area contributed by atoms with E-state index in [1.807, 2.05) is 30.5 Å². The lowest BCUT2D eigenvalue weighted by Crippen LogP contribution is -2.46. The Labute approximate surface area is 153 Å². The summed E-state index contributed by atoms with van der Waals surface area (Å²) in [5, 5.41) is 4.44. The molecular formula is C20H24N6. The van der Waals surface area contributed by atoms with Crippen LogP contribution in [0, 0.1) is 0 Å². The van der Waals surface area contributed by atoms with Gasteiger partial charge < -0.3 is 15.1 Å². The van der Waals surface area contributed by atoms with E-state index in [9.17, 15) is 0 Å². The van der Waals surface area contributed by atoms with Crippen molar-refractivity contribution in [1.82, 2.24) is 19.9 Å². The number of pyridine rings is 1. The van der Waals surface area contributed by atoms with Gasteiger partial charge in [0.15, 0.2) is 0 Å². The van der Waals surface area contributed by atoms with Crippen molar-refractivity contribution in [2.45, 2.75) is 13.5 Å². The summed E-state index contributed by atoms with van der Waals surface area (Å²) in [5.41, 5.74) is 2.09. The summed E-state index contributed by atoms with van der Waals surface area (Å²) in [6.45, 7) is 8.36. The maximum absolute atomic E-state index is 4.66. The van der Waals surface area contributed by atoms with Crippen LogP contribution in [0.25, 0.3) is 10.9 Å². The third-order valence-corrected chi connectivity index (χ3v) is 4.96. The molecule has 0 saturated carbocycles. The average molecular weight is 348 g/mol. The fourth-order valence-electron chi connectivity index (χ4n) is 3.33. The molecule has 1 saturated heterocycles. The van der Waals surface area contributed by atoms with Crippen molar-refractivity contribution in [2.24, 2.45) is 0 Å². The molecular weight excluding hydrogens is 324 g/mol. The summed E-state index contributed by atoms with van der Waals surface area (Å²) >= 11 is 0. The Morgan fingerprint density at radius 1 is 0.962 bits per heavy atom. The van der Waals surface area contributed by atoms with Gasteiger partial charge in [-0.05, 0) is 30.3 Å². The number of hydrogen-bond donors (Lipinski definition) is 1. The SMILES string of the molecule is CCN1CCN(c2ccc(CNc3ncnc4ccccc34)cn2)CC1. The zero-order valence-electron chi connectivity index (χ0n) is 15.1. The Hall–Kier alpha value is -2.73. The molecule has 6 heteroatoms. The average Bonchev–Trinajstić information content (AvgIpc) is 2.73. The van der Waals surface area contributed by atoms with Gasteiger partial charge in [-0.2, -0.15) is 0 Å². The molecule has 3 heterocycles. The Morgan fingerprint density at radius 3 is 2.58 bits per heavy atom. The van der Waals surface area contributed by atoms with E-state index in [1.54, 1.807) is 6.33 Å². The molecule has 0 atom stereocenters. The fraction of sp³-hybridized carbons (Fsp3) is 0.350. The van der Waals surface area contributed by atoms with Crippen LogP contribution in [-0.4, -0.2) is 52.6 Å². The highest BCUT2D eigenvalue weighted by Gasteiger charge is 2.16. The van der Waals surface area contributed by atoms with E-state index in [1.165, 1.54) is 0 Å². The lowest BCUT2D eigenvalue weighted by molar-refractivity contribution is 0.270. The Kier molecular flexibility index (Phi) is 4.93. The van der Waals surface area contributed by atoms with Crippen LogP contribution >= 0.6 is 0 Å². The lowest BCUT2D eigenvalue weighted by atomic mass is 10.2. The first-order chi connectivity index (χ1) is 12.8. The molecule has 0 spiro atoms. The molecule has 0 radical (unpaired) electrons. The second-order valence-electron chi connectivity index (χ2n) is 6.54. The van der Waals surface area contributed by atoms with E-state index in [0.717, 1.165) is 60.8 Å². The minimum atomic E-state index is 0.692. The molecule has 0 amide bonds. The second-order valence-corrected chi connectivity index (χ2v) is 6.54. The Balaban J connectivity index is 1.40. The van der Waals surface area contributed by atoms with E-state index >= 15 is 0 Å². The predicted octanol–water partition coefficient (Wildman–Crippen LogP) is 2.78. The third-order valence-electron chi connectivity index (χ3n) is 4.96. The van der Waals surface area contributed by atoms with Gasteiger partial charge in [-0.15, -0.1) is 0 Å². The van der Waals surface area contributed by atoms with E-state index in [-0.39, 0.29) is 0 Å². The summed E-state index contributed by atoms with van der Waals surface area (Å²) in [5.74, 6) is 1.92. The summed E-state index contributed by atoms with van der Waals surface area (Å²) < 4.78 is 0. The van der Waals surface area contributed by atoms with Gasteiger partial charge in [-0.3, -0.25) is 0 Å². The number of nitrogens with one attached hydrogen (secondary N) is 1. The summed E-state index contributed by atoms with van der Waals surface area (Å²) in [6, 6.07) is 12.3. The van der Waals surface area contributed by atoms with Gasteiger partial charge in [0, 0.05) is 44.3 Å². The number of para-hydroxylation sites is 1. The Bertz CT molecular complexity index is 850. The zero-order chi connectivity index (χ0) is 17.8. The summed E-state index contributed by atoms with van der Waals surface area (Å²) in [4.78, 5) is 18.2. The highest BCUT2D eigenvalue weighted by Crippen LogP contribution is 2.19. The quantitative estimate of drug-likeness (QED) is 0.765. The van der Waals surface area contributed by atoms with E-state index < -0.39 is 0 Å². The van der Waals surface area contributed by atoms with Crippen molar-refractivity contribution in [3.05, 3.63) is 54.5 Å². The van der Waals surface area contributed by atoms with Crippen LogP contribution in [0.2, 0.25) is 0 Å². The molecule has 134 valence electrons. The van der Waals surface area contributed by atoms with E-state index in [4.69, 9.17) is 0 Å². The van der Waals surface area contributed by atoms with E-state index in [2.05, 4.69) is 49.1 Å². The van der Waals surface area contributed by atoms with Crippen LogP contribution in [0.3, 0.4) is 0 Å². The molecule has 4 rings (SSSR count). The van der Waals surface area contributed by atoms with Gasteiger partial charge in [0.1, 0.15) is 18.0 Å². The summed E-state index contributed by atoms with van der Waals surface area (Å²) in [6.07, 6.45) is 3.56. The molecule has 2 aromatic heterocycles. The smallest absolute Gasteiger partial charge is 0.137 e. The molecule has 6 nitrogen and oxygen atoms in total.